The highest BCUT2D eigenvalue weighted by molar-refractivity contribution is 5.50. The number of hydrogen-bond acceptors (Lipinski definition) is 5. The molecule has 166 valence electrons. The molecule has 1 saturated heterocycles. The number of allylic oxidation sites excluding steroid dienone is 1. The van der Waals surface area contributed by atoms with Crippen molar-refractivity contribution < 1.29 is 25.2 Å². The van der Waals surface area contributed by atoms with E-state index >= 15 is 0 Å². The molecular weight excluding hydrogens is 404 g/mol. The minimum Gasteiger partial charge on any atom is -0.508 e. The summed E-state index contributed by atoms with van der Waals surface area (Å²) in [6.45, 7) is 0.422. The summed E-state index contributed by atoms with van der Waals surface area (Å²) in [5.41, 5.74) is 2.77. The minimum atomic E-state index is -0.681. The van der Waals surface area contributed by atoms with Gasteiger partial charge in [0.2, 0.25) is 0 Å². The van der Waals surface area contributed by atoms with Gasteiger partial charge in [-0.1, -0.05) is 48.6 Å². The van der Waals surface area contributed by atoms with Crippen molar-refractivity contribution in [1.29, 1.82) is 0 Å². The van der Waals surface area contributed by atoms with E-state index in [1.165, 1.54) is 0 Å². The lowest BCUT2D eigenvalue weighted by Crippen LogP contribution is -2.32. The fourth-order valence-electron chi connectivity index (χ4n) is 4.32. The van der Waals surface area contributed by atoms with Gasteiger partial charge in [-0.05, 0) is 71.8 Å². The third-order valence-corrected chi connectivity index (χ3v) is 6.07. The fraction of sp³-hybridized carbons (Fsp3) is 0.259. The maximum Gasteiger partial charge on any atom is 0.115 e. The second-order valence-electron chi connectivity index (χ2n) is 8.37. The number of aliphatic hydroxyl groups is 1. The molecule has 1 heterocycles. The van der Waals surface area contributed by atoms with Gasteiger partial charge in [0.15, 0.2) is 0 Å². The highest BCUT2D eigenvalue weighted by atomic mass is 16.5. The molecule has 0 bridgehead atoms. The van der Waals surface area contributed by atoms with Crippen LogP contribution >= 0.6 is 0 Å². The van der Waals surface area contributed by atoms with Crippen molar-refractivity contribution in [2.45, 2.75) is 25.0 Å². The van der Waals surface area contributed by atoms with Crippen molar-refractivity contribution in [3.8, 4) is 17.2 Å². The molecule has 5 heteroatoms. The summed E-state index contributed by atoms with van der Waals surface area (Å²) in [7, 11) is 0. The van der Waals surface area contributed by atoms with Crippen LogP contribution in [0.2, 0.25) is 0 Å². The molecule has 1 aliphatic heterocycles. The smallest absolute Gasteiger partial charge is 0.115 e. The first kappa shape index (κ1) is 21.9. The summed E-state index contributed by atoms with van der Waals surface area (Å²) in [5.74, 6) is 0.694. The molecule has 0 aromatic heterocycles. The summed E-state index contributed by atoms with van der Waals surface area (Å²) in [6, 6.07) is 20.8. The predicted molar refractivity (Wildman–Crippen MR) is 123 cm³/mol. The number of rotatable bonds is 6. The predicted octanol–water partition coefficient (Wildman–Crippen LogP) is 5.33. The minimum absolute atomic E-state index is 0.0695. The Morgan fingerprint density at radius 2 is 1.38 bits per heavy atom. The van der Waals surface area contributed by atoms with Gasteiger partial charge in [0.25, 0.3) is 0 Å². The topological polar surface area (TPSA) is 90.2 Å². The van der Waals surface area contributed by atoms with Crippen LogP contribution in [0, 0.1) is 11.8 Å². The van der Waals surface area contributed by atoms with Gasteiger partial charge in [-0.2, -0.15) is 0 Å². The average Bonchev–Trinajstić information content (AvgIpc) is 2.81. The zero-order chi connectivity index (χ0) is 22.5. The van der Waals surface area contributed by atoms with E-state index in [4.69, 9.17) is 4.74 Å². The Morgan fingerprint density at radius 1 is 0.812 bits per heavy atom. The molecule has 4 N–H and O–H groups in total. The molecule has 1 fully saturated rings. The first-order valence-corrected chi connectivity index (χ1v) is 10.8. The number of ether oxygens (including phenoxy) is 1. The molecule has 0 radical (unpaired) electrons. The van der Waals surface area contributed by atoms with E-state index in [1.807, 2.05) is 30.3 Å². The second kappa shape index (κ2) is 9.90. The third kappa shape index (κ3) is 5.31. The normalized spacial score (nSPS) is 22.1. The van der Waals surface area contributed by atoms with Crippen molar-refractivity contribution >= 4 is 6.08 Å². The largest absolute Gasteiger partial charge is 0.508 e. The molecule has 0 saturated carbocycles. The Hall–Kier alpha value is -3.28. The Morgan fingerprint density at radius 3 is 2.00 bits per heavy atom. The fourth-order valence-corrected chi connectivity index (χ4v) is 4.32. The lowest BCUT2D eigenvalue weighted by atomic mass is 9.79. The molecule has 1 aliphatic rings. The molecule has 32 heavy (non-hydrogen) atoms. The van der Waals surface area contributed by atoms with Crippen LogP contribution in [0.3, 0.4) is 0 Å². The van der Waals surface area contributed by atoms with E-state index in [9.17, 15) is 20.4 Å². The average molecular weight is 433 g/mol. The van der Waals surface area contributed by atoms with E-state index in [1.54, 1.807) is 48.5 Å². The highest BCUT2D eigenvalue weighted by Gasteiger charge is 2.35. The summed E-state index contributed by atoms with van der Waals surface area (Å²) in [4.78, 5) is 0. The monoisotopic (exact) mass is 432 g/mol. The van der Waals surface area contributed by atoms with Crippen molar-refractivity contribution in [3.63, 3.8) is 0 Å². The van der Waals surface area contributed by atoms with Crippen LogP contribution in [0.5, 0.6) is 17.2 Å². The van der Waals surface area contributed by atoms with Crippen LogP contribution in [0.4, 0.5) is 0 Å². The van der Waals surface area contributed by atoms with Crippen LogP contribution < -0.4 is 0 Å². The molecule has 0 aliphatic carbocycles. The van der Waals surface area contributed by atoms with Crippen LogP contribution in [0.15, 0.2) is 78.9 Å². The third-order valence-electron chi connectivity index (χ3n) is 6.07. The zero-order valence-electron chi connectivity index (χ0n) is 17.7. The Kier molecular flexibility index (Phi) is 6.78. The number of phenolic OH excluding ortho intramolecular Hbond substituents is 3. The molecular formula is C27H28O5. The van der Waals surface area contributed by atoms with Crippen molar-refractivity contribution in [2.24, 2.45) is 11.8 Å². The first-order valence-electron chi connectivity index (χ1n) is 10.8. The summed E-state index contributed by atoms with van der Waals surface area (Å²) in [5, 5.41) is 39.6. The van der Waals surface area contributed by atoms with E-state index in [0.29, 0.717) is 6.61 Å². The highest BCUT2D eigenvalue weighted by Crippen LogP contribution is 2.42. The van der Waals surface area contributed by atoms with Gasteiger partial charge < -0.3 is 25.2 Å². The Labute approximate surface area is 187 Å². The van der Waals surface area contributed by atoms with Gasteiger partial charge in [0.1, 0.15) is 17.2 Å². The summed E-state index contributed by atoms with van der Waals surface area (Å²) >= 11 is 0. The van der Waals surface area contributed by atoms with Gasteiger partial charge in [-0.3, -0.25) is 0 Å². The van der Waals surface area contributed by atoms with E-state index in [0.717, 1.165) is 29.5 Å². The summed E-state index contributed by atoms with van der Waals surface area (Å²) in [6.07, 6.45) is 4.83. The van der Waals surface area contributed by atoms with Crippen LogP contribution in [-0.2, 0) is 4.74 Å². The van der Waals surface area contributed by atoms with E-state index in [2.05, 4.69) is 6.08 Å². The molecule has 4 rings (SSSR count). The molecule has 3 aromatic carbocycles. The lowest BCUT2D eigenvalue weighted by molar-refractivity contribution is -0.0900. The van der Waals surface area contributed by atoms with Crippen molar-refractivity contribution in [2.75, 3.05) is 6.61 Å². The quantitative estimate of drug-likeness (QED) is 0.422. The SMILES string of the molecule is Oc1ccc(/C=C/C[C@H]2C[C@H]([C@@H](O)c3ccc(O)cc3)CO[C@@H]2c2ccc(O)cc2)cc1. The Balaban J connectivity index is 1.51. The Bertz CT molecular complexity index is 1030. The van der Waals surface area contributed by atoms with E-state index < -0.39 is 6.10 Å². The van der Waals surface area contributed by atoms with Crippen molar-refractivity contribution in [1.82, 2.24) is 0 Å². The molecule has 4 atom stereocenters. The van der Waals surface area contributed by atoms with Gasteiger partial charge >= 0.3 is 0 Å². The standard InChI is InChI=1S/C27H28O5/c28-23-10-4-18(5-11-23)2-1-3-21-16-22(26(31)19-6-12-24(29)13-7-19)17-32-27(21)20-8-14-25(30)15-9-20/h1-2,4-15,21-22,26-31H,3,16-17H2/b2-1+/t21-,22-,26-,27+/m0/s1. The summed E-state index contributed by atoms with van der Waals surface area (Å²) < 4.78 is 6.26. The number of aromatic hydroxyl groups is 3. The first-order chi connectivity index (χ1) is 15.5. The maximum atomic E-state index is 10.9. The van der Waals surface area contributed by atoms with Gasteiger partial charge in [0, 0.05) is 5.92 Å². The zero-order valence-corrected chi connectivity index (χ0v) is 17.7. The number of benzene rings is 3. The van der Waals surface area contributed by atoms with Gasteiger partial charge in [-0.15, -0.1) is 0 Å². The lowest BCUT2D eigenvalue weighted by Gasteiger charge is -2.38. The molecule has 3 aromatic rings. The number of hydrogen-bond donors (Lipinski definition) is 4. The van der Waals surface area contributed by atoms with Gasteiger partial charge in [-0.25, -0.2) is 0 Å². The molecule has 0 amide bonds. The maximum absolute atomic E-state index is 10.9. The van der Waals surface area contributed by atoms with Crippen LogP contribution in [0.25, 0.3) is 6.08 Å². The second-order valence-corrected chi connectivity index (χ2v) is 8.37. The number of aliphatic hydroxyl groups excluding tert-OH is 1. The molecule has 0 unspecified atom stereocenters. The van der Waals surface area contributed by atoms with Crippen LogP contribution in [0.1, 0.15) is 41.7 Å². The van der Waals surface area contributed by atoms with Gasteiger partial charge in [0.05, 0.1) is 18.8 Å². The molecule has 0 spiro atoms. The number of phenols is 3. The van der Waals surface area contributed by atoms with E-state index in [-0.39, 0.29) is 35.2 Å². The molecule has 5 nitrogen and oxygen atoms in total. The van der Waals surface area contributed by atoms with Crippen LogP contribution in [-0.4, -0.2) is 27.0 Å². The van der Waals surface area contributed by atoms with Crippen molar-refractivity contribution in [3.05, 3.63) is 95.6 Å².